The van der Waals surface area contributed by atoms with E-state index in [1.165, 1.54) is 14.2 Å². The van der Waals surface area contributed by atoms with E-state index in [1.807, 2.05) is 19.9 Å². The molecule has 0 bridgehead atoms. The first-order chi connectivity index (χ1) is 22.2. The smallest absolute Gasteiger partial charge is 0.379 e. The second-order valence-electron chi connectivity index (χ2n) is 12.1. The summed E-state index contributed by atoms with van der Waals surface area (Å²) in [5.41, 5.74) is 2.46. The van der Waals surface area contributed by atoms with Crippen molar-refractivity contribution >= 4 is 33.5 Å². The predicted octanol–water partition coefficient (Wildman–Crippen LogP) is 1.71. The molecule has 0 saturated carbocycles. The highest BCUT2D eigenvalue weighted by Crippen LogP contribution is 2.31. The Morgan fingerprint density at radius 1 is 1.26 bits per heavy atom. The van der Waals surface area contributed by atoms with Gasteiger partial charge >= 0.3 is 6.18 Å². The van der Waals surface area contributed by atoms with Gasteiger partial charge in [0.25, 0.3) is 0 Å². The monoisotopic (exact) mass is 685 g/mol. The molecule has 1 aromatic rings. The number of ether oxygens (including phenoxy) is 2. The molecule has 4 rings (SSSR count). The number of benzene rings is 1. The maximum Gasteiger partial charge on any atom is 0.399 e. The molecule has 6 unspecified atom stereocenters. The summed E-state index contributed by atoms with van der Waals surface area (Å²) in [6.45, 7) is 8.08. The third-order valence-electron chi connectivity index (χ3n) is 8.76. The van der Waals surface area contributed by atoms with Gasteiger partial charge in [-0.1, -0.05) is 25.1 Å². The Morgan fingerprint density at radius 2 is 1.98 bits per heavy atom. The summed E-state index contributed by atoms with van der Waals surface area (Å²) >= 11 is 0. The highest BCUT2D eigenvalue weighted by molar-refractivity contribution is 7.92. The number of morpholine rings is 1. The minimum Gasteiger partial charge on any atom is -0.379 e. The van der Waals surface area contributed by atoms with E-state index in [-0.39, 0.29) is 24.8 Å². The van der Waals surface area contributed by atoms with Gasteiger partial charge in [-0.15, -0.1) is 0 Å². The number of nitrogens with zero attached hydrogens (tertiary/aromatic N) is 4. The quantitative estimate of drug-likeness (QED) is 0.303. The summed E-state index contributed by atoms with van der Waals surface area (Å²) < 4.78 is 78.6. The lowest BCUT2D eigenvalue weighted by atomic mass is 9.81. The molecule has 47 heavy (non-hydrogen) atoms. The molecule has 6 atom stereocenters. The van der Waals surface area contributed by atoms with Gasteiger partial charge < -0.3 is 20.1 Å². The Kier molecular flexibility index (Phi) is 12.6. The maximum absolute atomic E-state index is 14.0. The summed E-state index contributed by atoms with van der Waals surface area (Å²) in [7, 11) is -0.593. The number of methoxy groups -OCH3 is 1. The van der Waals surface area contributed by atoms with Crippen molar-refractivity contribution in [2.45, 2.75) is 45.0 Å². The zero-order valence-corrected chi connectivity index (χ0v) is 28.3. The minimum atomic E-state index is -4.57. The van der Waals surface area contributed by atoms with E-state index in [9.17, 15) is 26.4 Å². The van der Waals surface area contributed by atoms with Gasteiger partial charge in [-0.3, -0.25) is 24.3 Å². The number of hydrogen-bond acceptors (Lipinski definition) is 10. The number of halogens is 3. The van der Waals surface area contributed by atoms with Crippen molar-refractivity contribution in [1.82, 2.24) is 20.9 Å². The van der Waals surface area contributed by atoms with Gasteiger partial charge in [-0.25, -0.2) is 13.4 Å². The van der Waals surface area contributed by atoms with Crippen LogP contribution in [0, 0.1) is 24.7 Å². The standard InChI is InChI=1S/C31H46F3N7O5S/c1-20-6-7-22(26(18-20)40(3)47(5,43)44)10-11-35-28-24(31(32,33)34)19-37-30(39-28)38-25-9-8-23(21(2)27(25)45-4)29(42)36-12-13-41-14-16-46-17-15-41/h6-9,18-19,21,23-24,27-28,30,35,39H,10-17H2,1-5H3,(H,36,42). The second-order valence-corrected chi connectivity index (χ2v) is 14.2. The van der Waals surface area contributed by atoms with Crippen LogP contribution in [0.5, 0.6) is 0 Å². The second kappa shape index (κ2) is 16.0. The molecule has 12 nitrogen and oxygen atoms in total. The first-order valence-corrected chi connectivity index (χ1v) is 17.5. The Bertz CT molecular complexity index is 1430. The summed E-state index contributed by atoms with van der Waals surface area (Å²) in [6.07, 6.45) is -1.78. The van der Waals surface area contributed by atoms with E-state index in [2.05, 4.69) is 30.8 Å². The van der Waals surface area contributed by atoms with E-state index in [4.69, 9.17) is 9.47 Å². The van der Waals surface area contributed by atoms with Gasteiger partial charge in [0.05, 0.1) is 43.0 Å². The molecular weight excluding hydrogens is 639 g/mol. The summed E-state index contributed by atoms with van der Waals surface area (Å²) in [6, 6.07) is 5.34. The number of hydrogen-bond donors (Lipinski definition) is 3. The number of aliphatic imine (C=N–C) groups is 2. The lowest BCUT2D eigenvalue weighted by molar-refractivity contribution is -0.165. The number of rotatable bonds is 12. The van der Waals surface area contributed by atoms with Gasteiger partial charge in [-0.2, -0.15) is 13.2 Å². The van der Waals surface area contributed by atoms with Crippen LogP contribution >= 0.6 is 0 Å². The molecule has 0 spiro atoms. The zero-order valence-electron chi connectivity index (χ0n) is 27.5. The highest BCUT2D eigenvalue weighted by Gasteiger charge is 2.46. The average Bonchev–Trinajstić information content (AvgIpc) is 3.01. The van der Waals surface area contributed by atoms with E-state index >= 15 is 0 Å². The number of carbonyl (C=O) groups is 1. The average molecular weight is 686 g/mol. The van der Waals surface area contributed by atoms with Crippen LogP contribution in [0.25, 0.3) is 0 Å². The molecule has 1 fully saturated rings. The summed E-state index contributed by atoms with van der Waals surface area (Å²) in [5.74, 6) is -2.80. The van der Waals surface area contributed by atoms with Crippen molar-refractivity contribution in [2.24, 2.45) is 27.7 Å². The third-order valence-corrected chi connectivity index (χ3v) is 9.95. The van der Waals surface area contributed by atoms with E-state index in [1.54, 1.807) is 24.3 Å². The van der Waals surface area contributed by atoms with E-state index in [0.717, 1.165) is 42.0 Å². The summed E-state index contributed by atoms with van der Waals surface area (Å²) in [4.78, 5) is 23.9. The van der Waals surface area contributed by atoms with Crippen LogP contribution in [0.1, 0.15) is 18.1 Å². The third kappa shape index (κ3) is 9.83. The van der Waals surface area contributed by atoms with Crippen molar-refractivity contribution in [1.29, 1.82) is 0 Å². The Hall–Kier alpha value is -2.89. The molecular formula is C31H46F3N7O5S. The number of aryl methyl sites for hydroxylation is 1. The van der Waals surface area contributed by atoms with Crippen LogP contribution in [0.15, 0.2) is 40.3 Å². The summed E-state index contributed by atoms with van der Waals surface area (Å²) in [5, 5.41) is 8.80. The van der Waals surface area contributed by atoms with Crippen LogP contribution in [0.4, 0.5) is 18.9 Å². The molecule has 3 aliphatic rings. The molecule has 1 amide bonds. The van der Waals surface area contributed by atoms with Gasteiger partial charge in [-0.05, 0) is 36.6 Å². The van der Waals surface area contributed by atoms with Crippen molar-refractivity contribution in [2.75, 3.05) is 70.7 Å². The SMILES string of the molecule is COC1C(=NC2N=CC(C(F)(F)F)C(NCCc3ccc(C)cc3N(C)S(C)(=O)=O)N2)C=CC(C(=O)NCCN2CCOCC2)C1C. The number of carbonyl (C=O) groups excluding carboxylic acids is 1. The van der Waals surface area contributed by atoms with Crippen LogP contribution in [-0.4, -0.2) is 122 Å². The van der Waals surface area contributed by atoms with Crippen LogP contribution in [0.3, 0.4) is 0 Å². The molecule has 2 heterocycles. The van der Waals surface area contributed by atoms with Gasteiger partial charge in [0, 0.05) is 59.0 Å². The van der Waals surface area contributed by atoms with Crippen molar-refractivity contribution in [3.8, 4) is 0 Å². The lowest BCUT2D eigenvalue weighted by Gasteiger charge is -2.35. The fourth-order valence-electron chi connectivity index (χ4n) is 5.95. The number of anilines is 1. The fraction of sp³-hybridized carbons (Fsp3) is 0.645. The number of sulfonamides is 1. The highest BCUT2D eigenvalue weighted by atomic mass is 32.2. The number of amides is 1. The molecule has 0 radical (unpaired) electrons. The van der Waals surface area contributed by atoms with Gasteiger partial charge in [0.15, 0.2) is 6.29 Å². The van der Waals surface area contributed by atoms with Crippen LogP contribution in [-0.2, 0) is 30.7 Å². The van der Waals surface area contributed by atoms with Crippen molar-refractivity contribution < 1.29 is 35.9 Å². The Labute approximate surface area is 274 Å². The Balaban J connectivity index is 1.43. The molecule has 1 aromatic carbocycles. The molecule has 1 aliphatic carbocycles. The van der Waals surface area contributed by atoms with Crippen molar-refractivity contribution in [3.05, 3.63) is 41.5 Å². The van der Waals surface area contributed by atoms with Crippen molar-refractivity contribution in [3.63, 3.8) is 0 Å². The topological polar surface area (TPSA) is 137 Å². The van der Waals surface area contributed by atoms with E-state index < -0.39 is 46.6 Å². The van der Waals surface area contributed by atoms with Gasteiger partial charge in [0.2, 0.25) is 15.9 Å². The first-order valence-electron chi connectivity index (χ1n) is 15.7. The predicted molar refractivity (Wildman–Crippen MR) is 175 cm³/mol. The zero-order chi connectivity index (χ0) is 34.4. The molecule has 3 N–H and O–H groups in total. The molecule has 0 aromatic heterocycles. The molecule has 2 aliphatic heterocycles. The maximum atomic E-state index is 14.0. The Morgan fingerprint density at radius 3 is 2.64 bits per heavy atom. The number of alkyl halides is 3. The van der Waals surface area contributed by atoms with Gasteiger partial charge in [0.1, 0.15) is 12.0 Å². The van der Waals surface area contributed by atoms with E-state index in [0.29, 0.717) is 36.7 Å². The molecule has 1 saturated heterocycles. The number of nitrogens with one attached hydrogen (secondary N) is 3. The molecule has 16 heteroatoms. The lowest BCUT2D eigenvalue weighted by Crippen LogP contribution is -2.58. The largest absolute Gasteiger partial charge is 0.399 e. The van der Waals surface area contributed by atoms with Crippen LogP contribution in [0.2, 0.25) is 0 Å². The first kappa shape index (κ1) is 36.9. The fourth-order valence-corrected chi connectivity index (χ4v) is 6.47. The molecule has 262 valence electrons. The normalized spacial score (nSPS) is 28.0. The minimum absolute atomic E-state index is 0.120. The van der Waals surface area contributed by atoms with Crippen LogP contribution < -0.4 is 20.3 Å².